The summed E-state index contributed by atoms with van der Waals surface area (Å²) in [7, 11) is 0. The molecule has 0 aromatic heterocycles. The van der Waals surface area contributed by atoms with Crippen molar-refractivity contribution in [2.45, 2.75) is 18.4 Å². The summed E-state index contributed by atoms with van der Waals surface area (Å²) in [5, 5.41) is 6.30. The van der Waals surface area contributed by atoms with Crippen molar-refractivity contribution in [3.05, 3.63) is 52.0 Å². The van der Waals surface area contributed by atoms with Crippen molar-refractivity contribution in [1.29, 1.82) is 0 Å². The zero-order chi connectivity index (χ0) is 14.8. The van der Waals surface area contributed by atoms with Crippen LogP contribution < -0.4 is 10.6 Å². The Bertz CT molecular complexity index is 703. The molecule has 1 amide bonds. The summed E-state index contributed by atoms with van der Waals surface area (Å²) in [5.74, 6) is 0.557. The summed E-state index contributed by atoms with van der Waals surface area (Å²) in [5.41, 5.74) is 4.34. The van der Waals surface area contributed by atoms with E-state index in [0.717, 1.165) is 27.3 Å². The lowest BCUT2D eigenvalue weighted by molar-refractivity contribution is -0.113. The number of hydrogen-bond acceptors (Lipinski definition) is 3. The Morgan fingerprint density at radius 3 is 2.95 bits per heavy atom. The third-order valence-electron chi connectivity index (χ3n) is 3.30. The van der Waals surface area contributed by atoms with Gasteiger partial charge in [-0.15, -0.1) is 11.8 Å². The minimum absolute atomic E-state index is 0.0610. The molecular weight excluding hydrogens is 348 g/mol. The van der Waals surface area contributed by atoms with E-state index in [0.29, 0.717) is 5.75 Å². The maximum absolute atomic E-state index is 11.4. The van der Waals surface area contributed by atoms with Crippen molar-refractivity contribution in [2.24, 2.45) is 0 Å². The van der Waals surface area contributed by atoms with Crippen molar-refractivity contribution in [1.82, 2.24) is 0 Å². The fourth-order valence-electron chi connectivity index (χ4n) is 2.19. The van der Waals surface area contributed by atoms with Gasteiger partial charge in [-0.05, 0) is 42.3 Å². The molecule has 21 heavy (non-hydrogen) atoms. The van der Waals surface area contributed by atoms with E-state index in [2.05, 4.69) is 51.7 Å². The number of benzene rings is 2. The number of amides is 1. The van der Waals surface area contributed by atoms with Crippen molar-refractivity contribution in [3.8, 4) is 0 Å². The van der Waals surface area contributed by atoms with E-state index in [9.17, 15) is 4.79 Å². The molecule has 2 N–H and O–H groups in total. The van der Waals surface area contributed by atoms with Gasteiger partial charge in [-0.25, -0.2) is 0 Å². The fraction of sp³-hybridized carbons (Fsp3) is 0.188. The van der Waals surface area contributed by atoms with Crippen molar-refractivity contribution < 1.29 is 4.79 Å². The minimum atomic E-state index is 0.0610. The van der Waals surface area contributed by atoms with E-state index in [4.69, 9.17) is 0 Å². The Morgan fingerprint density at radius 2 is 2.14 bits per heavy atom. The van der Waals surface area contributed by atoms with Crippen LogP contribution in [0.15, 0.2) is 45.8 Å². The molecule has 0 fully saturated rings. The average molecular weight is 363 g/mol. The lowest BCUT2D eigenvalue weighted by Crippen LogP contribution is -2.18. The summed E-state index contributed by atoms with van der Waals surface area (Å²) in [6.45, 7) is 2.81. The maximum Gasteiger partial charge on any atom is 0.234 e. The quantitative estimate of drug-likeness (QED) is 0.849. The smallest absolute Gasteiger partial charge is 0.234 e. The van der Waals surface area contributed by atoms with Crippen LogP contribution in [0.1, 0.15) is 11.1 Å². The molecule has 0 unspecified atom stereocenters. The highest BCUT2D eigenvalue weighted by molar-refractivity contribution is 9.10. The van der Waals surface area contributed by atoms with Gasteiger partial charge in [0.05, 0.1) is 11.4 Å². The van der Waals surface area contributed by atoms with Crippen LogP contribution >= 0.6 is 27.7 Å². The number of thioether (sulfide) groups is 1. The van der Waals surface area contributed by atoms with Crippen LogP contribution in [0.25, 0.3) is 0 Å². The predicted octanol–water partition coefficient (Wildman–Crippen LogP) is 4.41. The second kappa shape index (κ2) is 6.12. The first-order valence-corrected chi connectivity index (χ1v) is 8.45. The first kappa shape index (κ1) is 14.5. The van der Waals surface area contributed by atoms with Crippen LogP contribution in [0, 0.1) is 6.92 Å². The number of carbonyl (C=O) groups excluding carboxylic acids is 1. The third-order valence-corrected chi connectivity index (χ3v) is 5.12. The number of hydrogen-bond donors (Lipinski definition) is 2. The first-order valence-electron chi connectivity index (χ1n) is 6.67. The average Bonchev–Trinajstić information content (AvgIpc) is 2.46. The number of nitrogens with one attached hydrogen (secondary N) is 2. The zero-order valence-electron chi connectivity index (χ0n) is 11.6. The predicted molar refractivity (Wildman–Crippen MR) is 92.0 cm³/mol. The van der Waals surface area contributed by atoms with Gasteiger partial charge in [0.15, 0.2) is 0 Å². The van der Waals surface area contributed by atoms with Crippen LogP contribution in [-0.2, 0) is 11.3 Å². The normalized spacial score (nSPS) is 13.5. The first-order chi connectivity index (χ1) is 10.1. The Hall–Kier alpha value is -1.46. The maximum atomic E-state index is 11.4. The molecule has 1 aliphatic heterocycles. The van der Waals surface area contributed by atoms with Crippen molar-refractivity contribution >= 4 is 45.0 Å². The fourth-order valence-corrected chi connectivity index (χ4v) is 3.61. The van der Waals surface area contributed by atoms with Gasteiger partial charge in [-0.1, -0.05) is 28.1 Å². The molecule has 2 aromatic rings. The minimum Gasteiger partial charge on any atom is -0.381 e. The SMILES string of the molecule is Cc1ccc(CNc2ccc3c(c2)NC(=O)CS3)c(Br)c1. The van der Waals surface area contributed by atoms with Crippen LogP contribution in [0.5, 0.6) is 0 Å². The summed E-state index contributed by atoms with van der Waals surface area (Å²) in [6.07, 6.45) is 0. The highest BCUT2D eigenvalue weighted by Gasteiger charge is 2.15. The van der Waals surface area contributed by atoms with Gasteiger partial charge in [0.1, 0.15) is 0 Å². The molecule has 1 heterocycles. The van der Waals surface area contributed by atoms with E-state index in [1.54, 1.807) is 11.8 Å². The molecule has 0 atom stereocenters. The number of aryl methyl sites for hydroxylation is 1. The Balaban J connectivity index is 1.73. The van der Waals surface area contributed by atoms with Crippen LogP contribution in [-0.4, -0.2) is 11.7 Å². The Morgan fingerprint density at radius 1 is 1.29 bits per heavy atom. The van der Waals surface area contributed by atoms with Gasteiger partial charge in [0, 0.05) is 21.6 Å². The van der Waals surface area contributed by atoms with Gasteiger partial charge in [-0.3, -0.25) is 4.79 Å². The van der Waals surface area contributed by atoms with Gasteiger partial charge in [0.25, 0.3) is 0 Å². The molecule has 0 saturated carbocycles. The number of halogens is 1. The molecule has 1 aliphatic rings. The molecule has 2 aromatic carbocycles. The number of carbonyl (C=O) groups is 1. The monoisotopic (exact) mass is 362 g/mol. The highest BCUT2D eigenvalue weighted by Crippen LogP contribution is 2.33. The molecule has 0 radical (unpaired) electrons. The molecule has 108 valence electrons. The summed E-state index contributed by atoms with van der Waals surface area (Å²) in [4.78, 5) is 12.6. The number of rotatable bonds is 3. The van der Waals surface area contributed by atoms with E-state index in [1.807, 2.05) is 18.2 Å². The summed E-state index contributed by atoms with van der Waals surface area (Å²) < 4.78 is 1.11. The lowest BCUT2D eigenvalue weighted by atomic mass is 10.1. The molecule has 3 rings (SSSR count). The molecule has 3 nitrogen and oxygen atoms in total. The molecule has 0 saturated heterocycles. The molecular formula is C16H15BrN2OS. The summed E-state index contributed by atoms with van der Waals surface area (Å²) in [6, 6.07) is 12.4. The van der Waals surface area contributed by atoms with E-state index in [-0.39, 0.29) is 5.91 Å². The van der Waals surface area contributed by atoms with E-state index >= 15 is 0 Å². The molecule has 0 spiro atoms. The zero-order valence-corrected chi connectivity index (χ0v) is 14.0. The van der Waals surface area contributed by atoms with Gasteiger partial charge in [-0.2, -0.15) is 0 Å². The molecule has 5 heteroatoms. The largest absolute Gasteiger partial charge is 0.381 e. The molecule has 0 aliphatic carbocycles. The van der Waals surface area contributed by atoms with Crippen LogP contribution in [0.2, 0.25) is 0 Å². The van der Waals surface area contributed by atoms with Gasteiger partial charge in [0.2, 0.25) is 5.91 Å². The topological polar surface area (TPSA) is 41.1 Å². The second-order valence-electron chi connectivity index (χ2n) is 5.00. The Kier molecular flexibility index (Phi) is 4.22. The van der Waals surface area contributed by atoms with Crippen molar-refractivity contribution in [2.75, 3.05) is 16.4 Å². The third kappa shape index (κ3) is 3.41. The highest BCUT2D eigenvalue weighted by atomic mass is 79.9. The van der Waals surface area contributed by atoms with Crippen LogP contribution in [0.4, 0.5) is 11.4 Å². The van der Waals surface area contributed by atoms with E-state index in [1.165, 1.54) is 11.1 Å². The summed E-state index contributed by atoms with van der Waals surface area (Å²) >= 11 is 5.16. The van der Waals surface area contributed by atoms with Crippen molar-refractivity contribution in [3.63, 3.8) is 0 Å². The Labute approximate surface area is 136 Å². The van der Waals surface area contributed by atoms with Crippen LogP contribution in [0.3, 0.4) is 0 Å². The van der Waals surface area contributed by atoms with Gasteiger partial charge >= 0.3 is 0 Å². The van der Waals surface area contributed by atoms with Gasteiger partial charge < -0.3 is 10.6 Å². The number of fused-ring (bicyclic) bond motifs is 1. The lowest BCUT2D eigenvalue weighted by Gasteiger charge is -2.17. The number of anilines is 2. The molecule has 0 bridgehead atoms. The standard InChI is InChI=1S/C16H15BrN2OS/c1-10-2-3-11(13(17)6-10)8-18-12-4-5-15-14(7-12)19-16(20)9-21-15/h2-7,18H,8-9H2,1H3,(H,19,20). The second-order valence-corrected chi connectivity index (χ2v) is 6.87. The van der Waals surface area contributed by atoms with E-state index < -0.39 is 0 Å².